The molecule has 1 atom stereocenters. The van der Waals surface area contributed by atoms with Crippen LogP contribution in [0.4, 0.5) is 11.4 Å². The quantitative estimate of drug-likeness (QED) is 0.350. The molecule has 13 nitrogen and oxygen atoms in total. The van der Waals surface area contributed by atoms with E-state index in [9.17, 15) is 24.0 Å². The van der Waals surface area contributed by atoms with E-state index in [4.69, 9.17) is 21.6 Å². The fraction of sp³-hybridized carbons (Fsp3) is 0.415. The summed E-state index contributed by atoms with van der Waals surface area (Å²) < 4.78 is 6.14. The van der Waals surface area contributed by atoms with Crippen molar-refractivity contribution >= 4 is 52.5 Å². The SMILES string of the molecule is N#Cc1ccc(OC2CCN(c3ccc(C(=O)N4CCN(C5CCN(c6ccc7c(c6)C(=O)N(C6CCC(=O)NC6=O)C7=O)CC5)CC4)cc3)CC2)cc1Cl. The minimum Gasteiger partial charge on any atom is -0.490 e. The first-order valence-electron chi connectivity index (χ1n) is 19.0. The molecule has 5 amide bonds. The Morgan fingerprint density at radius 3 is 2.07 bits per heavy atom. The van der Waals surface area contributed by atoms with Crippen LogP contribution in [0.15, 0.2) is 60.7 Å². The molecule has 4 saturated heterocycles. The molecule has 3 aromatic carbocycles. The standard InChI is InChI=1S/C41H42ClN7O6/c42-35-24-32(7-3-27(35)25-43)55-31-13-17-45(18-14-31)28-4-1-26(2-5-28)39(52)48-21-19-47(20-22-48)29-11-15-46(16-12-29)30-6-8-33-34(23-30)41(54)49(40(33)53)36-9-10-37(50)44-38(36)51/h1-8,23-24,29,31,36H,9-22H2,(H,44,50,51). The fourth-order valence-corrected chi connectivity index (χ4v) is 8.73. The molecule has 1 N–H and O–H groups in total. The average molecular weight is 764 g/mol. The van der Waals surface area contributed by atoms with Crippen LogP contribution in [0.3, 0.4) is 0 Å². The number of amides is 5. The molecule has 4 fully saturated rings. The van der Waals surface area contributed by atoms with Crippen LogP contribution in [-0.4, -0.2) is 115 Å². The normalized spacial score (nSPS) is 21.4. The number of carbonyl (C=O) groups is 5. The lowest BCUT2D eigenvalue weighted by molar-refractivity contribution is -0.136. The molecule has 0 radical (unpaired) electrons. The number of piperazine rings is 1. The topological polar surface area (TPSA) is 147 Å². The highest BCUT2D eigenvalue weighted by Crippen LogP contribution is 2.33. The van der Waals surface area contributed by atoms with Crippen molar-refractivity contribution in [2.45, 2.75) is 56.7 Å². The highest BCUT2D eigenvalue weighted by atomic mass is 35.5. The second kappa shape index (κ2) is 15.4. The molecule has 14 heteroatoms. The molecular weight excluding hydrogens is 722 g/mol. The van der Waals surface area contributed by atoms with E-state index in [1.54, 1.807) is 30.3 Å². The van der Waals surface area contributed by atoms with Crippen LogP contribution in [0.5, 0.6) is 5.75 Å². The highest BCUT2D eigenvalue weighted by Gasteiger charge is 2.45. The number of imide groups is 2. The Kier molecular flexibility index (Phi) is 10.2. The molecule has 5 aliphatic rings. The Bertz CT molecular complexity index is 2060. The number of hydrogen-bond acceptors (Lipinski definition) is 10. The maximum Gasteiger partial charge on any atom is 0.262 e. The number of hydrogen-bond donors (Lipinski definition) is 1. The maximum absolute atomic E-state index is 13.5. The zero-order chi connectivity index (χ0) is 38.2. The first-order valence-corrected chi connectivity index (χ1v) is 19.4. The molecule has 5 heterocycles. The van der Waals surface area contributed by atoms with Gasteiger partial charge in [-0.25, -0.2) is 0 Å². The zero-order valence-electron chi connectivity index (χ0n) is 30.4. The summed E-state index contributed by atoms with van der Waals surface area (Å²) in [6.07, 6.45) is 3.87. The fourth-order valence-electron chi connectivity index (χ4n) is 8.52. The molecule has 8 rings (SSSR count). The van der Waals surface area contributed by atoms with Crippen molar-refractivity contribution in [1.29, 1.82) is 5.26 Å². The average Bonchev–Trinajstić information content (AvgIpc) is 3.46. The third-order valence-electron chi connectivity index (χ3n) is 11.7. The first kappa shape index (κ1) is 36.5. The number of ether oxygens (including phenoxy) is 1. The number of carbonyl (C=O) groups excluding carboxylic acids is 5. The summed E-state index contributed by atoms with van der Waals surface area (Å²) in [6, 6.07) is 19.8. The number of nitriles is 1. The summed E-state index contributed by atoms with van der Waals surface area (Å²) in [5.41, 5.74) is 3.66. The van der Waals surface area contributed by atoms with E-state index in [0.717, 1.165) is 81.2 Å². The van der Waals surface area contributed by atoms with Gasteiger partial charge in [0.2, 0.25) is 11.8 Å². The van der Waals surface area contributed by atoms with Gasteiger partial charge in [-0.15, -0.1) is 0 Å². The van der Waals surface area contributed by atoms with Gasteiger partial charge in [0.1, 0.15) is 24.0 Å². The minimum absolute atomic E-state index is 0.0509. The van der Waals surface area contributed by atoms with Crippen molar-refractivity contribution in [3.8, 4) is 11.8 Å². The number of nitrogens with zero attached hydrogens (tertiary/aromatic N) is 6. The third kappa shape index (κ3) is 7.36. The van der Waals surface area contributed by atoms with E-state index >= 15 is 0 Å². The van der Waals surface area contributed by atoms with E-state index in [0.29, 0.717) is 46.6 Å². The molecule has 0 saturated carbocycles. The van der Waals surface area contributed by atoms with Gasteiger partial charge in [-0.3, -0.25) is 39.1 Å². The molecule has 0 spiro atoms. The van der Waals surface area contributed by atoms with E-state index in [-0.39, 0.29) is 30.4 Å². The van der Waals surface area contributed by atoms with Crippen LogP contribution in [0.25, 0.3) is 0 Å². The Balaban J connectivity index is 0.788. The second-order valence-electron chi connectivity index (χ2n) is 14.8. The van der Waals surface area contributed by atoms with E-state index in [1.807, 2.05) is 35.2 Å². The van der Waals surface area contributed by atoms with Gasteiger partial charge < -0.3 is 19.4 Å². The Hall–Kier alpha value is -5.45. The van der Waals surface area contributed by atoms with Crippen LogP contribution in [-0.2, 0) is 9.59 Å². The van der Waals surface area contributed by atoms with Gasteiger partial charge in [-0.05, 0) is 73.9 Å². The Morgan fingerprint density at radius 1 is 0.745 bits per heavy atom. The number of fused-ring (bicyclic) bond motifs is 1. The largest absolute Gasteiger partial charge is 0.490 e. The third-order valence-corrected chi connectivity index (χ3v) is 12.0. The van der Waals surface area contributed by atoms with Crippen molar-refractivity contribution in [1.82, 2.24) is 20.0 Å². The van der Waals surface area contributed by atoms with Crippen molar-refractivity contribution < 1.29 is 28.7 Å². The smallest absolute Gasteiger partial charge is 0.262 e. The van der Waals surface area contributed by atoms with Gasteiger partial charge >= 0.3 is 0 Å². The van der Waals surface area contributed by atoms with Gasteiger partial charge in [0, 0.05) is 101 Å². The zero-order valence-corrected chi connectivity index (χ0v) is 31.2. The van der Waals surface area contributed by atoms with Gasteiger partial charge in [0.15, 0.2) is 0 Å². The molecule has 0 aliphatic carbocycles. The van der Waals surface area contributed by atoms with Crippen molar-refractivity contribution in [3.63, 3.8) is 0 Å². The number of rotatable bonds is 7. The lowest BCUT2D eigenvalue weighted by Gasteiger charge is -2.43. The predicted octanol–water partition coefficient (Wildman–Crippen LogP) is 4.09. The van der Waals surface area contributed by atoms with Crippen LogP contribution < -0.4 is 19.9 Å². The molecule has 0 aromatic heterocycles. The lowest BCUT2D eigenvalue weighted by Crippen LogP contribution is -2.54. The Morgan fingerprint density at radius 2 is 1.40 bits per heavy atom. The van der Waals surface area contributed by atoms with Crippen LogP contribution in [0, 0.1) is 11.3 Å². The number of benzene rings is 3. The highest BCUT2D eigenvalue weighted by molar-refractivity contribution is 6.31. The first-order chi connectivity index (χ1) is 26.7. The molecule has 3 aromatic rings. The predicted molar refractivity (Wildman–Crippen MR) is 204 cm³/mol. The van der Waals surface area contributed by atoms with Gasteiger partial charge in [0.05, 0.1) is 21.7 Å². The van der Waals surface area contributed by atoms with Crippen LogP contribution in [0.1, 0.15) is 75.2 Å². The van der Waals surface area contributed by atoms with Crippen molar-refractivity contribution in [2.24, 2.45) is 0 Å². The molecular formula is C41H42ClN7O6. The minimum atomic E-state index is -0.981. The van der Waals surface area contributed by atoms with Crippen molar-refractivity contribution in [2.75, 3.05) is 62.2 Å². The Labute approximate surface area is 324 Å². The summed E-state index contributed by atoms with van der Waals surface area (Å²) in [6.45, 7) is 6.23. The van der Waals surface area contributed by atoms with E-state index < -0.39 is 29.7 Å². The molecule has 0 bridgehead atoms. The van der Waals surface area contributed by atoms with Gasteiger partial charge in [-0.2, -0.15) is 5.26 Å². The molecule has 5 aliphatic heterocycles. The van der Waals surface area contributed by atoms with Crippen molar-refractivity contribution in [3.05, 3.63) is 87.9 Å². The molecule has 55 heavy (non-hydrogen) atoms. The number of piperidine rings is 3. The second-order valence-corrected chi connectivity index (χ2v) is 15.2. The molecule has 1 unspecified atom stereocenters. The summed E-state index contributed by atoms with van der Waals surface area (Å²) in [5, 5.41) is 11.7. The number of halogens is 1. The summed E-state index contributed by atoms with van der Waals surface area (Å²) >= 11 is 6.17. The summed E-state index contributed by atoms with van der Waals surface area (Å²) in [5.74, 6) is -1.28. The van der Waals surface area contributed by atoms with E-state index in [1.165, 1.54) is 0 Å². The van der Waals surface area contributed by atoms with Crippen LogP contribution >= 0.6 is 11.6 Å². The van der Waals surface area contributed by atoms with Crippen LogP contribution in [0.2, 0.25) is 5.02 Å². The number of nitrogens with one attached hydrogen (secondary N) is 1. The maximum atomic E-state index is 13.5. The van der Waals surface area contributed by atoms with Gasteiger partial charge in [-0.1, -0.05) is 11.6 Å². The van der Waals surface area contributed by atoms with Gasteiger partial charge in [0.25, 0.3) is 17.7 Å². The lowest BCUT2D eigenvalue weighted by atomic mass is 10.0. The summed E-state index contributed by atoms with van der Waals surface area (Å²) in [4.78, 5) is 73.9. The monoisotopic (exact) mass is 763 g/mol. The van der Waals surface area contributed by atoms with E-state index in [2.05, 4.69) is 26.1 Å². The number of anilines is 2. The summed E-state index contributed by atoms with van der Waals surface area (Å²) in [7, 11) is 0. The molecule has 284 valence electrons.